The number of aromatic nitrogens is 3. The van der Waals surface area contributed by atoms with Crippen molar-refractivity contribution in [3.63, 3.8) is 0 Å². The van der Waals surface area contributed by atoms with E-state index in [0.717, 1.165) is 22.5 Å². The number of halogens is 1. The first kappa shape index (κ1) is 29.0. The zero-order valence-electron chi connectivity index (χ0n) is 22.7. The molecule has 6 heteroatoms. The highest BCUT2D eigenvalue weighted by Gasteiger charge is 2.14. The Morgan fingerprint density at radius 3 is 2.35 bits per heavy atom. The highest BCUT2D eigenvalue weighted by molar-refractivity contribution is 5.68. The fourth-order valence-corrected chi connectivity index (χ4v) is 3.23. The van der Waals surface area contributed by atoms with Crippen LogP contribution in [0.1, 0.15) is 44.8 Å². The molecule has 0 spiro atoms. The van der Waals surface area contributed by atoms with Gasteiger partial charge in [0.1, 0.15) is 5.83 Å². The van der Waals surface area contributed by atoms with Gasteiger partial charge in [0.2, 0.25) is 0 Å². The van der Waals surface area contributed by atoms with Crippen molar-refractivity contribution < 1.29 is 4.39 Å². The van der Waals surface area contributed by atoms with Crippen molar-refractivity contribution in [1.82, 2.24) is 25.2 Å². The van der Waals surface area contributed by atoms with Crippen LogP contribution >= 0.6 is 0 Å². The Balaban J connectivity index is 2.25. The number of hydrogen-bond donors (Lipinski definition) is 2. The molecule has 2 aromatic heterocycles. The molecule has 2 rings (SSSR count). The van der Waals surface area contributed by atoms with Crippen LogP contribution in [0, 0.1) is 6.92 Å². The quantitative estimate of drug-likeness (QED) is 0.287. The molecule has 0 aliphatic rings. The van der Waals surface area contributed by atoms with Crippen LogP contribution in [0.5, 0.6) is 0 Å². The van der Waals surface area contributed by atoms with Crippen LogP contribution in [0.4, 0.5) is 4.39 Å². The molecule has 0 amide bonds. The maximum absolute atomic E-state index is 13.8. The molecule has 0 bridgehead atoms. The lowest BCUT2D eigenvalue weighted by molar-refractivity contribution is 0.654. The molecule has 2 heterocycles. The van der Waals surface area contributed by atoms with E-state index in [1.54, 1.807) is 36.6 Å². The SMILES string of the molecule is C=CC(C=C)=C/C=C(\C)C(C)NC(=C)c1cc(C(=C)NCC(=C)/C=C\C(F)=C(C)C)n2nc(C)cc2n1. The van der Waals surface area contributed by atoms with Gasteiger partial charge in [0.15, 0.2) is 5.65 Å². The Morgan fingerprint density at radius 1 is 1.05 bits per heavy atom. The van der Waals surface area contributed by atoms with Crippen LogP contribution < -0.4 is 10.6 Å². The molecule has 2 N–H and O–H groups in total. The van der Waals surface area contributed by atoms with Crippen LogP contribution in [0.3, 0.4) is 0 Å². The summed E-state index contributed by atoms with van der Waals surface area (Å²) in [6.07, 6.45) is 10.6. The number of nitrogens with one attached hydrogen (secondary N) is 2. The third-order valence-corrected chi connectivity index (χ3v) is 5.72. The Labute approximate surface area is 220 Å². The number of nitrogens with zero attached hydrogens (tertiary/aromatic N) is 3. The van der Waals surface area contributed by atoms with Gasteiger partial charge in [0.25, 0.3) is 0 Å². The average Bonchev–Trinajstić information content (AvgIpc) is 3.25. The maximum atomic E-state index is 13.8. The lowest BCUT2D eigenvalue weighted by Gasteiger charge is -2.19. The largest absolute Gasteiger partial charge is 0.380 e. The molecule has 37 heavy (non-hydrogen) atoms. The average molecular weight is 500 g/mol. The molecule has 0 fully saturated rings. The van der Waals surface area contributed by atoms with Gasteiger partial charge in [0.05, 0.1) is 28.5 Å². The summed E-state index contributed by atoms with van der Waals surface area (Å²) in [6.45, 7) is 29.9. The van der Waals surface area contributed by atoms with Crippen LogP contribution in [-0.4, -0.2) is 27.2 Å². The van der Waals surface area contributed by atoms with E-state index in [2.05, 4.69) is 55.6 Å². The van der Waals surface area contributed by atoms with E-state index in [1.165, 1.54) is 6.08 Å². The maximum Gasteiger partial charge on any atom is 0.156 e. The van der Waals surface area contributed by atoms with Gasteiger partial charge in [-0.25, -0.2) is 13.9 Å². The second kappa shape index (κ2) is 13.2. The Bertz CT molecular complexity index is 1330. The van der Waals surface area contributed by atoms with Crippen molar-refractivity contribution in [2.45, 2.75) is 40.7 Å². The van der Waals surface area contributed by atoms with E-state index in [-0.39, 0.29) is 11.9 Å². The van der Waals surface area contributed by atoms with Gasteiger partial charge in [-0.2, -0.15) is 5.10 Å². The number of hydrogen-bond acceptors (Lipinski definition) is 4. The molecule has 0 saturated carbocycles. The molecular weight excluding hydrogens is 461 g/mol. The normalized spacial score (nSPS) is 12.1. The standard InChI is InChI=1S/C31H38FN5/c1-11-27(12-2)15-14-22(6)24(8)34-25(9)29-18-30(37-31(35-29)17-23(7)36-37)26(10)33-19-21(5)13-16-28(32)20(3)4/h11-18,24,33-34H,1-2,5,9-10,19H2,3-4,6-8H3/b16-13-,22-14+. The first-order valence-corrected chi connectivity index (χ1v) is 12.0. The predicted molar refractivity (Wildman–Crippen MR) is 156 cm³/mol. The fraction of sp³-hybridized carbons (Fsp3) is 0.226. The lowest BCUT2D eigenvalue weighted by Crippen LogP contribution is -2.26. The lowest BCUT2D eigenvalue weighted by atomic mass is 10.1. The monoisotopic (exact) mass is 499 g/mol. The van der Waals surface area contributed by atoms with Crippen LogP contribution in [0.25, 0.3) is 17.0 Å². The Kier molecular flexibility index (Phi) is 10.4. The number of allylic oxidation sites excluding steroid dienone is 8. The molecule has 0 saturated heterocycles. The molecule has 0 radical (unpaired) electrons. The third kappa shape index (κ3) is 8.17. The van der Waals surface area contributed by atoms with Crippen molar-refractivity contribution in [2.75, 3.05) is 6.54 Å². The highest BCUT2D eigenvalue weighted by atomic mass is 19.1. The van der Waals surface area contributed by atoms with Crippen molar-refractivity contribution >= 4 is 17.0 Å². The van der Waals surface area contributed by atoms with Gasteiger partial charge >= 0.3 is 0 Å². The molecule has 1 unspecified atom stereocenters. The van der Waals surface area contributed by atoms with Crippen molar-refractivity contribution in [3.05, 3.63) is 127 Å². The van der Waals surface area contributed by atoms with E-state index < -0.39 is 0 Å². The number of rotatable bonds is 13. The van der Waals surface area contributed by atoms with Crippen LogP contribution in [-0.2, 0) is 0 Å². The van der Waals surface area contributed by atoms with Crippen molar-refractivity contribution in [3.8, 4) is 0 Å². The first-order valence-electron chi connectivity index (χ1n) is 12.0. The van der Waals surface area contributed by atoms with E-state index >= 15 is 0 Å². The van der Waals surface area contributed by atoms with Crippen LogP contribution in [0.2, 0.25) is 0 Å². The molecule has 194 valence electrons. The minimum atomic E-state index is -0.268. The Morgan fingerprint density at radius 2 is 1.73 bits per heavy atom. The second-order valence-electron chi connectivity index (χ2n) is 9.08. The summed E-state index contributed by atoms with van der Waals surface area (Å²) < 4.78 is 15.5. The predicted octanol–water partition coefficient (Wildman–Crippen LogP) is 7.17. The summed E-state index contributed by atoms with van der Waals surface area (Å²) >= 11 is 0. The van der Waals surface area contributed by atoms with Crippen molar-refractivity contribution in [2.24, 2.45) is 0 Å². The molecular formula is C31H38FN5. The van der Waals surface area contributed by atoms with Gasteiger partial charge in [-0.05, 0) is 63.5 Å². The van der Waals surface area contributed by atoms with E-state index in [9.17, 15) is 4.39 Å². The summed E-state index contributed by atoms with van der Waals surface area (Å²) in [5, 5.41) is 11.3. The van der Waals surface area contributed by atoms with E-state index in [4.69, 9.17) is 4.98 Å². The summed E-state index contributed by atoms with van der Waals surface area (Å²) in [4.78, 5) is 4.75. The van der Waals surface area contributed by atoms with Crippen LogP contribution in [0.15, 0.2) is 110 Å². The minimum Gasteiger partial charge on any atom is -0.380 e. The highest BCUT2D eigenvalue weighted by Crippen LogP contribution is 2.19. The van der Waals surface area contributed by atoms with Gasteiger partial charge in [-0.3, -0.25) is 0 Å². The molecule has 0 aliphatic carbocycles. The summed E-state index contributed by atoms with van der Waals surface area (Å²) in [7, 11) is 0. The van der Waals surface area contributed by atoms with E-state index in [1.807, 2.05) is 38.1 Å². The molecule has 1 atom stereocenters. The summed E-state index contributed by atoms with van der Waals surface area (Å²) in [5.74, 6) is -0.268. The molecule has 5 nitrogen and oxygen atoms in total. The topological polar surface area (TPSA) is 54.2 Å². The fourth-order valence-electron chi connectivity index (χ4n) is 3.23. The smallest absolute Gasteiger partial charge is 0.156 e. The van der Waals surface area contributed by atoms with Crippen molar-refractivity contribution in [1.29, 1.82) is 0 Å². The zero-order chi connectivity index (χ0) is 27.7. The molecule has 0 aliphatic heterocycles. The Hall–Kier alpha value is -4.19. The summed E-state index contributed by atoms with van der Waals surface area (Å²) in [5.41, 5.74) is 7.66. The second-order valence-corrected chi connectivity index (χ2v) is 9.08. The van der Waals surface area contributed by atoms with Gasteiger partial charge < -0.3 is 10.6 Å². The minimum absolute atomic E-state index is 0.0189. The number of aryl methyl sites for hydroxylation is 1. The summed E-state index contributed by atoms with van der Waals surface area (Å²) in [6, 6.07) is 3.82. The van der Waals surface area contributed by atoms with Gasteiger partial charge in [-0.15, -0.1) is 0 Å². The third-order valence-electron chi connectivity index (χ3n) is 5.72. The molecule has 0 aromatic carbocycles. The molecule has 2 aromatic rings. The number of fused-ring (bicyclic) bond motifs is 1. The first-order chi connectivity index (χ1) is 17.5. The van der Waals surface area contributed by atoms with Gasteiger partial charge in [-0.1, -0.05) is 68.8 Å². The zero-order valence-corrected chi connectivity index (χ0v) is 22.7. The van der Waals surface area contributed by atoms with Gasteiger partial charge in [0, 0.05) is 18.7 Å². The van der Waals surface area contributed by atoms with E-state index in [0.29, 0.717) is 40.4 Å².